The minimum Gasteiger partial charge on any atom is -0.464 e. The topological polar surface area (TPSA) is 40.2 Å². The molecule has 3 heteroatoms. The molecule has 2 aromatic carbocycles. The van der Waals surface area contributed by atoms with Gasteiger partial charge in [0.15, 0.2) is 0 Å². The Morgan fingerprint density at radius 1 is 1.12 bits per heavy atom. The summed E-state index contributed by atoms with van der Waals surface area (Å²) in [6.45, 7) is 2.89. The van der Waals surface area contributed by atoms with E-state index in [9.17, 15) is 0 Å². The van der Waals surface area contributed by atoms with Crippen molar-refractivity contribution in [1.29, 1.82) is 5.26 Å². The van der Waals surface area contributed by atoms with Crippen LogP contribution in [0.4, 0.5) is 0 Å². The van der Waals surface area contributed by atoms with Gasteiger partial charge in [-0.05, 0) is 35.8 Å². The van der Waals surface area contributed by atoms with Crippen molar-refractivity contribution in [1.82, 2.24) is 4.90 Å². The lowest BCUT2D eigenvalue weighted by Crippen LogP contribution is -2.27. The summed E-state index contributed by atoms with van der Waals surface area (Å²) in [5, 5.41) is 10.2. The molecule has 0 unspecified atom stereocenters. The quantitative estimate of drug-likeness (QED) is 0.659. The molecular formula is C23H20N2O. The number of nitriles is 1. The number of hydrogen-bond acceptors (Lipinski definition) is 3. The average Bonchev–Trinajstić information content (AvgIpc) is 3.11. The molecule has 0 atom stereocenters. The van der Waals surface area contributed by atoms with Gasteiger partial charge in [0, 0.05) is 30.6 Å². The van der Waals surface area contributed by atoms with Crippen molar-refractivity contribution in [3.63, 3.8) is 0 Å². The van der Waals surface area contributed by atoms with Crippen molar-refractivity contribution in [3.05, 3.63) is 89.2 Å². The molecule has 0 bridgehead atoms. The zero-order valence-corrected chi connectivity index (χ0v) is 14.6. The molecule has 26 heavy (non-hydrogen) atoms. The molecule has 1 aromatic heterocycles. The number of benzene rings is 2. The summed E-state index contributed by atoms with van der Waals surface area (Å²) in [6, 6.07) is 18.1. The second-order valence-corrected chi connectivity index (χ2v) is 6.59. The van der Waals surface area contributed by atoms with Crippen LogP contribution < -0.4 is 0 Å². The summed E-state index contributed by atoms with van der Waals surface area (Å²) in [5.74, 6) is 0. The standard InChI is InChI=1S/C23H20N2O/c24-15-20-5-3-4-19(14-20)9-8-18-10-12-25(13-11-18)16-21-17-26-23-7-2-1-6-22(21)23/h1-10,14,17H,11-13,16H2. The number of furan rings is 1. The normalized spacial score (nSPS) is 15.3. The molecule has 0 saturated heterocycles. The maximum Gasteiger partial charge on any atom is 0.134 e. The zero-order valence-electron chi connectivity index (χ0n) is 14.6. The zero-order chi connectivity index (χ0) is 17.8. The van der Waals surface area contributed by atoms with E-state index in [-0.39, 0.29) is 0 Å². The number of nitrogens with zero attached hydrogens (tertiary/aromatic N) is 2. The molecule has 0 amide bonds. The minimum atomic E-state index is 0.697. The second-order valence-electron chi connectivity index (χ2n) is 6.59. The van der Waals surface area contributed by atoms with Crippen LogP contribution in [0.1, 0.15) is 23.1 Å². The Bertz CT molecular complexity index is 1020. The van der Waals surface area contributed by atoms with Gasteiger partial charge in [0.2, 0.25) is 0 Å². The summed E-state index contributed by atoms with van der Waals surface area (Å²) in [6.07, 6.45) is 9.46. The van der Waals surface area contributed by atoms with E-state index in [1.54, 1.807) is 0 Å². The van der Waals surface area contributed by atoms with Crippen LogP contribution in [0.5, 0.6) is 0 Å². The van der Waals surface area contributed by atoms with E-state index in [1.807, 2.05) is 42.7 Å². The van der Waals surface area contributed by atoms with Crippen LogP contribution in [0.15, 0.2) is 76.9 Å². The molecule has 0 saturated carbocycles. The summed E-state index contributed by atoms with van der Waals surface area (Å²) < 4.78 is 5.64. The number of hydrogen-bond donors (Lipinski definition) is 0. The van der Waals surface area contributed by atoms with Crippen molar-refractivity contribution in [2.24, 2.45) is 0 Å². The molecule has 0 N–H and O–H groups in total. The van der Waals surface area contributed by atoms with Gasteiger partial charge in [0.25, 0.3) is 0 Å². The van der Waals surface area contributed by atoms with Crippen LogP contribution in [0.25, 0.3) is 17.0 Å². The smallest absolute Gasteiger partial charge is 0.134 e. The third-order valence-electron chi connectivity index (χ3n) is 4.79. The molecule has 0 aliphatic carbocycles. The number of allylic oxidation sites excluding steroid dienone is 1. The molecule has 0 radical (unpaired) electrons. The Balaban J connectivity index is 1.40. The Morgan fingerprint density at radius 3 is 2.88 bits per heavy atom. The predicted octanol–water partition coefficient (Wildman–Crippen LogP) is 5.15. The Labute approximate surface area is 153 Å². The highest BCUT2D eigenvalue weighted by molar-refractivity contribution is 5.80. The largest absolute Gasteiger partial charge is 0.464 e. The molecule has 1 aliphatic heterocycles. The first-order valence-corrected chi connectivity index (χ1v) is 8.86. The molecule has 0 spiro atoms. The molecule has 128 valence electrons. The molecule has 3 aromatic rings. The Hall–Kier alpha value is -3.09. The van der Waals surface area contributed by atoms with Crippen molar-refractivity contribution in [2.45, 2.75) is 13.0 Å². The lowest BCUT2D eigenvalue weighted by Gasteiger charge is -2.25. The van der Waals surface area contributed by atoms with Gasteiger partial charge >= 0.3 is 0 Å². The van der Waals surface area contributed by atoms with E-state index in [4.69, 9.17) is 9.68 Å². The summed E-state index contributed by atoms with van der Waals surface area (Å²) >= 11 is 0. The number of rotatable bonds is 4. The molecule has 3 nitrogen and oxygen atoms in total. The minimum absolute atomic E-state index is 0.697. The SMILES string of the molecule is N#Cc1cccc(C=CC2=CCN(Cc3coc4ccccc34)CC2)c1. The average molecular weight is 340 g/mol. The monoisotopic (exact) mass is 340 g/mol. The molecule has 2 heterocycles. The first-order chi connectivity index (χ1) is 12.8. The second kappa shape index (κ2) is 7.43. The third-order valence-corrected chi connectivity index (χ3v) is 4.79. The first-order valence-electron chi connectivity index (χ1n) is 8.86. The third kappa shape index (κ3) is 3.61. The van der Waals surface area contributed by atoms with Gasteiger partial charge in [-0.1, -0.05) is 48.6 Å². The van der Waals surface area contributed by atoms with E-state index in [0.29, 0.717) is 5.56 Å². The van der Waals surface area contributed by atoms with Crippen molar-refractivity contribution < 1.29 is 4.42 Å². The van der Waals surface area contributed by atoms with Gasteiger partial charge in [-0.3, -0.25) is 4.90 Å². The van der Waals surface area contributed by atoms with Crippen molar-refractivity contribution in [3.8, 4) is 6.07 Å². The fraction of sp³-hybridized carbons (Fsp3) is 0.174. The summed E-state index contributed by atoms with van der Waals surface area (Å²) in [4.78, 5) is 2.44. The Kier molecular flexibility index (Phi) is 4.68. The highest BCUT2D eigenvalue weighted by Gasteiger charge is 2.13. The molecular weight excluding hydrogens is 320 g/mol. The van der Waals surface area contributed by atoms with Crippen LogP contribution in [0, 0.1) is 11.3 Å². The Morgan fingerprint density at radius 2 is 2.04 bits per heavy atom. The van der Waals surface area contributed by atoms with Gasteiger partial charge in [-0.2, -0.15) is 5.26 Å². The van der Waals surface area contributed by atoms with E-state index < -0.39 is 0 Å². The van der Waals surface area contributed by atoms with Gasteiger partial charge in [-0.15, -0.1) is 0 Å². The fourth-order valence-electron chi connectivity index (χ4n) is 3.33. The molecule has 4 rings (SSSR count). The van der Waals surface area contributed by atoms with E-state index in [1.165, 1.54) is 16.5 Å². The predicted molar refractivity (Wildman–Crippen MR) is 104 cm³/mol. The fourth-order valence-corrected chi connectivity index (χ4v) is 3.33. The maximum absolute atomic E-state index is 8.98. The van der Waals surface area contributed by atoms with Gasteiger partial charge in [0.05, 0.1) is 17.9 Å². The lowest BCUT2D eigenvalue weighted by atomic mass is 10.0. The van der Waals surface area contributed by atoms with Gasteiger partial charge in [-0.25, -0.2) is 0 Å². The van der Waals surface area contributed by atoms with Crippen LogP contribution in [-0.4, -0.2) is 18.0 Å². The summed E-state index contributed by atoms with van der Waals surface area (Å²) in [7, 11) is 0. The number of para-hydroxylation sites is 1. The van der Waals surface area contributed by atoms with Crippen LogP contribution in [0.3, 0.4) is 0 Å². The van der Waals surface area contributed by atoms with Crippen molar-refractivity contribution >= 4 is 17.0 Å². The van der Waals surface area contributed by atoms with Gasteiger partial charge in [0.1, 0.15) is 5.58 Å². The molecule has 1 aliphatic rings. The number of fused-ring (bicyclic) bond motifs is 1. The van der Waals surface area contributed by atoms with Crippen LogP contribution in [-0.2, 0) is 6.54 Å². The van der Waals surface area contributed by atoms with Crippen LogP contribution >= 0.6 is 0 Å². The van der Waals surface area contributed by atoms with E-state index in [0.717, 1.165) is 37.2 Å². The first kappa shape index (κ1) is 16.4. The van der Waals surface area contributed by atoms with Gasteiger partial charge < -0.3 is 4.42 Å². The summed E-state index contributed by atoms with van der Waals surface area (Å²) in [5.41, 5.74) is 5.32. The highest BCUT2D eigenvalue weighted by atomic mass is 16.3. The van der Waals surface area contributed by atoms with E-state index in [2.05, 4.69) is 41.3 Å². The maximum atomic E-state index is 8.98. The van der Waals surface area contributed by atoms with E-state index >= 15 is 0 Å². The van der Waals surface area contributed by atoms with Crippen LogP contribution in [0.2, 0.25) is 0 Å². The lowest BCUT2D eigenvalue weighted by molar-refractivity contribution is 0.287. The van der Waals surface area contributed by atoms with Crippen molar-refractivity contribution in [2.75, 3.05) is 13.1 Å². The molecule has 0 fully saturated rings. The highest BCUT2D eigenvalue weighted by Crippen LogP contribution is 2.23.